The van der Waals surface area contributed by atoms with Crippen LogP contribution in [0, 0.1) is 0 Å². The van der Waals surface area contributed by atoms with Gasteiger partial charge in [-0.2, -0.15) is 5.10 Å². The summed E-state index contributed by atoms with van der Waals surface area (Å²) in [7, 11) is 0. The molecule has 2 aromatic heterocycles. The molecular weight excluding hydrogens is 302 g/mol. The maximum atomic E-state index is 12.1. The zero-order valence-electron chi connectivity index (χ0n) is 13.1. The third kappa shape index (κ3) is 4.21. The summed E-state index contributed by atoms with van der Waals surface area (Å²) in [6.45, 7) is 7.96. The molecule has 22 heavy (non-hydrogen) atoms. The second-order valence-electron chi connectivity index (χ2n) is 6.06. The van der Waals surface area contributed by atoms with Gasteiger partial charge in [0.25, 0.3) is 0 Å². The van der Waals surface area contributed by atoms with Crippen LogP contribution in [0.2, 0.25) is 5.02 Å². The molecule has 0 saturated heterocycles. The molecule has 1 amide bonds. The average Bonchev–Trinajstić information content (AvgIpc) is 2.90. The lowest BCUT2D eigenvalue weighted by Crippen LogP contribution is -2.32. The van der Waals surface area contributed by atoms with Gasteiger partial charge in [0.2, 0.25) is 5.91 Å². The third-order valence-electron chi connectivity index (χ3n) is 3.03. The monoisotopic (exact) mass is 321 g/mol. The molecule has 118 valence electrons. The highest BCUT2D eigenvalue weighted by atomic mass is 35.5. The van der Waals surface area contributed by atoms with Gasteiger partial charge in [-0.25, -0.2) is 4.98 Å². The van der Waals surface area contributed by atoms with Crippen LogP contribution in [0.1, 0.15) is 27.7 Å². The van der Waals surface area contributed by atoms with Crippen molar-refractivity contribution < 1.29 is 4.79 Å². The minimum atomic E-state index is -0.421. The smallest absolute Gasteiger partial charge is 0.247 e. The van der Waals surface area contributed by atoms with Crippen LogP contribution in [-0.2, 0) is 10.3 Å². The Hall–Kier alpha value is -2.08. The molecule has 0 unspecified atom stereocenters. The van der Waals surface area contributed by atoms with Crippen molar-refractivity contribution in [3.8, 4) is 0 Å². The molecule has 0 aromatic carbocycles. The molecule has 7 heteroatoms. The van der Waals surface area contributed by atoms with E-state index in [1.807, 2.05) is 10.9 Å². The molecule has 0 radical (unpaired) electrons. The zero-order valence-corrected chi connectivity index (χ0v) is 13.8. The zero-order chi connectivity index (χ0) is 16.3. The van der Waals surface area contributed by atoms with Gasteiger partial charge in [0, 0.05) is 12.4 Å². The number of hydrogen-bond donors (Lipinski definition) is 2. The Morgan fingerprint density at radius 2 is 2.05 bits per heavy atom. The summed E-state index contributed by atoms with van der Waals surface area (Å²) in [6, 6.07) is 2.91. The molecular formula is C15H20ClN5O. The number of hydrogen-bond acceptors (Lipinski definition) is 4. The van der Waals surface area contributed by atoms with E-state index in [1.165, 1.54) is 6.20 Å². The standard InChI is InChI=1S/C15H20ClN5O/c1-10(14(22)20-13-6-5-11(16)7-17-13)19-12-8-18-21(9-12)15(2,3)4/h5-10,19H,1-4H3,(H,17,20,22)/t10-/m1/s1. The van der Waals surface area contributed by atoms with Crippen LogP contribution < -0.4 is 10.6 Å². The van der Waals surface area contributed by atoms with Gasteiger partial charge in [-0.3, -0.25) is 9.48 Å². The van der Waals surface area contributed by atoms with Gasteiger partial charge in [0.15, 0.2) is 0 Å². The number of halogens is 1. The van der Waals surface area contributed by atoms with Crippen LogP contribution in [0.3, 0.4) is 0 Å². The van der Waals surface area contributed by atoms with Gasteiger partial charge in [-0.05, 0) is 39.8 Å². The van der Waals surface area contributed by atoms with Crippen LogP contribution in [0.4, 0.5) is 11.5 Å². The first-order valence-corrected chi connectivity index (χ1v) is 7.37. The van der Waals surface area contributed by atoms with Crippen LogP contribution in [0.15, 0.2) is 30.7 Å². The number of pyridine rings is 1. The van der Waals surface area contributed by atoms with Gasteiger partial charge < -0.3 is 10.6 Å². The van der Waals surface area contributed by atoms with Gasteiger partial charge in [0.05, 0.1) is 22.4 Å². The number of rotatable bonds is 4. The molecule has 2 rings (SSSR count). The van der Waals surface area contributed by atoms with Crippen LogP contribution in [-0.4, -0.2) is 26.7 Å². The van der Waals surface area contributed by atoms with Gasteiger partial charge >= 0.3 is 0 Å². The van der Waals surface area contributed by atoms with E-state index in [9.17, 15) is 4.79 Å². The summed E-state index contributed by atoms with van der Waals surface area (Å²) in [6.07, 6.45) is 5.07. The predicted octanol–water partition coefficient (Wildman–Crippen LogP) is 3.13. The van der Waals surface area contributed by atoms with Crippen molar-refractivity contribution in [3.05, 3.63) is 35.7 Å². The number of carbonyl (C=O) groups excluding carboxylic acids is 1. The fourth-order valence-corrected chi connectivity index (χ4v) is 1.88. The maximum Gasteiger partial charge on any atom is 0.247 e. The van der Waals surface area contributed by atoms with Crippen molar-refractivity contribution >= 4 is 29.0 Å². The summed E-state index contributed by atoms with van der Waals surface area (Å²) < 4.78 is 1.85. The minimum absolute atomic E-state index is 0.0986. The molecule has 1 atom stereocenters. The van der Waals surface area contributed by atoms with E-state index in [2.05, 4.69) is 41.5 Å². The lowest BCUT2D eigenvalue weighted by molar-refractivity contribution is -0.116. The van der Waals surface area contributed by atoms with Crippen LogP contribution in [0.5, 0.6) is 0 Å². The van der Waals surface area contributed by atoms with Gasteiger partial charge in [0.1, 0.15) is 11.9 Å². The summed E-state index contributed by atoms with van der Waals surface area (Å²) in [5, 5.41) is 10.7. The third-order valence-corrected chi connectivity index (χ3v) is 3.25. The number of nitrogens with one attached hydrogen (secondary N) is 2. The van der Waals surface area contributed by atoms with Crippen molar-refractivity contribution in [2.45, 2.75) is 39.3 Å². The molecule has 2 N–H and O–H groups in total. The van der Waals surface area contributed by atoms with Crippen LogP contribution >= 0.6 is 11.6 Å². The van der Waals surface area contributed by atoms with Crippen molar-refractivity contribution in [3.63, 3.8) is 0 Å². The SMILES string of the molecule is C[C@@H](Nc1cnn(C(C)(C)C)c1)C(=O)Nc1ccc(Cl)cn1. The molecule has 0 aliphatic carbocycles. The van der Waals surface area contributed by atoms with Crippen LogP contribution in [0.25, 0.3) is 0 Å². The molecule has 0 saturated carbocycles. The first-order chi connectivity index (χ1) is 10.3. The minimum Gasteiger partial charge on any atom is -0.371 e. The first kappa shape index (κ1) is 16.3. The molecule has 2 heterocycles. The Balaban J connectivity index is 1.96. The van der Waals surface area contributed by atoms with E-state index < -0.39 is 6.04 Å². The average molecular weight is 322 g/mol. The molecule has 0 aliphatic rings. The highest BCUT2D eigenvalue weighted by Crippen LogP contribution is 2.16. The van der Waals surface area contributed by atoms with Crippen molar-refractivity contribution in [2.75, 3.05) is 10.6 Å². The summed E-state index contributed by atoms with van der Waals surface area (Å²) in [5.74, 6) is 0.284. The van der Waals surface area contributed by atoms with E-state index in [4.69, 9.17) is 11.6 Å². The normalized spacial score (nSPS) is 12.8. The predicted molar refractivity (Wildman–Crippen MR) is 88.2 cm³/mol. The Morgan fingerprint density at radius 1 is 1.32 bits per heavy atom. The van der Waals surface area contributed by atoms with Gasteiger partial charge in [-0.1, -0.05) is 11.6 Å². The highest BCUT2D eigenvalue weighted by Gasteiger charge is 2.17. The van der Waals surface area contributed by atoms with E-state index >= 15 is 0 Å². The summed E-state index contributed by atoms with van der Waals surface area (Å²) in [4.78, 5) is 16.2. The van der Waals surface area contributed by atoms with Gasteiger partial charge in [-0.15, -0.1) is 0 Å². The number of anilines is 2. The lowest BCUT2D eigenvalue weighted by atomic mass is 10.1. The number of aromatic nitrogens is 3. The Bertz CT molecular complexity index is 645. The molecule has 6 nitrogen and oxygen atoms in total. The van der Waals surface area contributed by atoms with E-state index in [1.54, 1.807) is 25.3 Å². The van der Waals surface area contributed by atoms with Crippen molar-refractivity contribution in [1.82, 2.24) is 14.8 Å². The fourth-order valence-electron chi connectivity index (χ4n) is 1.76. The number of amides is 1. The first-order valence-electron chi connectivity index (χ1n) is 7.00. The number of nitrogens with zero attached hydrogens (tertiary/aromatic N) is 3. The topological polar surface area (TPSA) is 71.8 Å². The molecule has 0 bridgehead atoms. The van der Waals surface area contributed by atoms with Crippen molar-refractivity contribution in [2.24, 2.45) is 0 Å². The number of carbonyl (C=O) groups is 1. The molecule has 0 aliphatic heterocycles. The quantitative estimate of drug-likeness (QED) is 0.907. The Labute approximate surface area is 134 Å². The van der Waals surface area contributed by atoms with E-state index in [-0.39, 0.29) is 11.4 Å². The summed E-state index contributed by atoms with van der Waals surface area (Å²) >= 11 is 5.76. The maximum absolute atomic E-state index is 12.1. The Kier molecular flexibility index (Phi) is 4.71. The van der Waals surface area contributed by atoms with E-state index in [0.29, 0.717) is 10.8 Å². The summed E-state index contributed by atoms with van der Waals surface area (Å²) in [5.41, 5.74) is 0.695. The molecule has 2 aromatic rings. The lowest BCUT2D eigenvalue weighted by Gasteiger charge is -2.19. The second-order valence-corrected chi connectivity index (χ2v) is 6.50. The van der Waals surface area contributed by atoms with Crippen molar-refractivity contribution in [1.29, 1.82) is 0 Å². The molecule has 0 spiro atoms. The van der Waals surface area contributed by atoms with E-state index in [0.717, 1.165) is 5.69 Å². The largest absolute Gasteiger partial charge is 0.371 e. The highest BCUT2D eigenvalue weighted by molar-refractivity contribution is 6.30. The Morgan fingerprint density at radius 3 is 2.59 bits per heavy atom. The second kappa shape index (κ2) is 6.36. The fraction of sp³-hybridized carbons (Fsp3) is 0.400. The molecule has 0 fully saturated rings.